The van der Waals surface area contributed by atoms with Crippen molar-refractivity contribution in [3.8, 4) is 11.5 Å². The van der Waals surface area contributed by atoms with Crippen molar-refractivity contribution in [1.29, 1.82) is 0 Å². The lowest BCUT2D eigenvalue weighted by Gasteiger charge is -2.30. The summed E-state index contributed by atoms with van der Waals surface area (Å²) in [4.78, 5) is 0. The van der Waals surface area contributed by atoms with Gasteiger partial charge in [0.05, 0.1) is 5.41 Å². The van der Waals surface area contributed by atoms with Gasteiger partial charge in [-0.05, 0) is 60.7 Å². The fourth-order valence-electron chi connectivity index (χ4n) is 4.57. The lowest BCUT2D eigenvalue weighted by Crippen LogP contribution is -2.28. The maximum absolute atomic E-state index is 15.0. The number of hydrogen-bond donors (Lipinski definition) is 0. The summed E-state index contributed by atoms with van der Waals surface area (Å²) in [6.07, 6.45) is 6.08. The summed E-state index contributed by atoms with van der Waals surface area (Å²) in [5, 5.41) is 0. The van der Waals surface area contributed by atoms with E-state index in [2.05, 4.69) is 18.2 Å². The van der Waals surface area contributed by atoms with Crippen molar-refractivity contribution in [2.75, 3.05) is 0 Å². The topological polar surface area (TPSA) is 18.5 Å². The summed E-state index contributed by atoms with van der Waals surface area (Å²) < 4.78 is 27.1. The lowest BCUT2D eigenvalue weighted by molar-refractivity contribution is 0.306. The summed E-state index contributed by atoms with van der Waals surface area (Å²) in [6, 6.07) is 23.3. The van der Waals surface area contributed by atoms with Crippen LogP contribution in [-0.2, 0) is 12.0 Å². The molecule has 29 heavy (non-hydrogen) atoms. The van der Waals surface area contributed by atoms with E-state index in [1.807, 2.05) is 48.5 Å². The van der Waals surface area contributed by atoms with Gasteiger partial charge in [0.15, 0.2) is 0 Å². The third-order valence-corrected chi connectivity index (χ3v) is 5.97. The predicted molar refractivity (Wildman–Crippen MR) is 112 cm³/mol. The normalized spacial score (nSPS) is 20.1. The first kappa shape index (κ1) is 18.0. The molecule has 5 rings (SSSR count). The zero-order valence-electron chi connectivity index (χ0n) is 16.2. The van der Waals surface area contributed by atoms with Gasteiger partial charge < -0.3 is 9.47 Å². The molecule has 1 aliphatic carbocycles. The number of fused-ring (bicyclic) bond motifs is 3. The van der Waals surface area contributed by atoms with Gasteiger partial charge in [0.1, 0.15) is 29.7 Å². The van der Waals surface area contributed by atoms with Gasteiger partial charge in [-0.25, -0.2) is 4.39 Å². The van der Waals surface area contributed by atoms with Gasteiger partial charge in [0.2, 0.25) is 0 Å². The molecule has 0 saturated carbocycles. The summed E-state index contributed by atoms with van der Waals surface area (Å²) in [7, 11) is 0. The van der Waals surface area contributed by atoms with Crippen molar-refractivity contribution in [1.82, 2.24) is 0 Å². The van der Waals surface area contributed by atoms with Crippen LogP contribution in [0.2, 0.25) is 0 Å². The van der Waals surface area contributed by atoms with Gasteiger partial charge in [-0.1, -0.05) is 55.0 Å². The molecule has 2 nitrogen and oxygen atoms in total. The molecular weight excluding hydrogens is 363 g/mol. The maximum Gasteiger partial charge on any atom is 0.134 e. The second-order valence-electron chi connectivity index (χ2n) is 7.73. The fourth-order valence-corrected chi connectivity index (χ4v) is 4.57. The van der Waals surface area contributed by atoms with Crippen molar-refractivity contribution >= 4 is 0 Å². The molecule has 1 atom stereocenters. The Labute approximate surface area is 170 Å². The Morgan fingerprint density at radius 3 is 2.55 bits per heavy atom. The molecule has 0 aromatic heterocycles. The minimum Gasteiger partial charge on any atom is -0.489 e. The molecule has 0 saturated heterocycles. The van der Waals surface area contributed by atoms with Crippen LogP contribution >= 0.6 is 0 Å². The molecule has 146 valence electrons. The van der Waals surface area contributed by atoms with E-state index >= 15 is 0 Å². The van der Waals surface area contributed by atoms with Crippen LogP contribution in [0.4, 0.5) is 4.39 Å². The second-order valence-corrected chi connectivity index (χ2v) is 7.73. The number of hydrogen-bond acceptors (Lipinski definition) is 2. The van der Waals surface area contributed by atoms with E-state index in [-0.39, 0.29) is 5.82 Å². The average molecular weight is 386 g/mol. The number of halogens is 1. The molecule has 0 radical (unpaired) electrons. The Kier molecular flexibility index (Phi) is 4.59. The molecule has 0 bridgehead atoms. The van der Waals surface area contributed by atoms with Crippen LogP contribution in [0.3, 0.4) is 0 Å². The highest BCUT2D eigenvalue weighted by molar-refractivity contribution is 5.59. The Hall–Kier alpha value is -3.07. The number of allylic oxidation sites excluding steroid dienone is 2. The zero-order chi connectivity index (χ0) is 19.7. The lowest BCUT2D eigenvalue weighted by atomic mass is 9.71. The van der Waals surface area contributed by atoms with E-state index in [4.69, 9.17) is 9.47 Å². The molecule has 0 fully saturated rings. The minimum absolute atomic E-state index is 0.197. The Bertz CT molecular complexity index is 1040. The molecule has 1 heterocycles. The highest BCUT2D eigenvalue weighted by Gasteiger charge is 2.48. The SMILES string of the molecule is Fc1cccc2c1C1(c3ccc(OCc4ccccc4)cc3)CCCCC=C1O2. The monoisotopic (exact) mass is 386 g/mol. The number of rotatable bonds is 4. The molecule has 2 aliphatic rings. The van der Waals surface area contributed by atoms with Gasteiger partial charge in [-0.3, -0.25) is 0 Å². The van der Waals surface area contributed by atoms with Gasteiger partial charge in [0, 0.05) is 5.56 Å². The predicted octanol–water partition coefficient (Wildman–Crippen LogP) is 6.54. The van der Waals surface area contributed by atoms with Crippen LogP contribution in [-0.4, -0.2) is 0 Å². The van der Waals surface area contributed by atoms with E-state index in [1.54, 1.807) is 6.07 Å². The summed E-state index contributed by atoms with van der Waals surface area (Å²) in [6.45, 7) is 0.525. The van der Waals surface area contributed by atoms with E-state index < -0.39 is 5.41 Å². The first-order valence-corrected chi connectivity index (χ1v) is 10.2. The van der Waals surface area contributed by atoms with Crippen LogP contribution < -0.4 is 9.47 Å². The maximum atomic E-state index is 15.0. The van der Waals surface area contributed by atoms with Crippen molar-refractivity contribution in [3.63, 3.8) is 0 Å². The van der Waals surface area contributed by atoms with Crippen molar-refractivity contribution in [3.05, 3.63) is 107 Å². The summed E-state index contributed by atoms with van der Waals surface area (Å²) in [5.41, 5.74) is 2.31. The molecule has 0 spiro atoms. The van der Waals surface area contributed by atoms with E-state index in [9.17, 15) is 4.39 Å². The Morgan fingerprint density at radius 1 is 0.897 bits per heavy atom. The fraction of sp³-hybridized carbons (Fsp3) is 0.231. The third kappa shape index (κ3) is 3.11. The van der Waals surface area contributed by atoms with Crippen LogP contribution in [0, 0.1) is 5.82 Å². The molecule has 0 amide bonds. The highest BCUT2D eigenvalue weighted by Crippen LogP contribution is 2.54. The Balaban J connectivity index is 1.50. The largest absolute Gasteiger partial charge is 0.489 e. The number of benzene rings is 3. The summed E-state index contributed by atoms with van der Waals surface area (Å²) >= 11 is 0. The van der Waals surface area contributed by atoms with Gasteiger partial charge in [0.25, 0.3) is 0 Å². The quantitative estimate of drug-likeness (QED) is 0.507. The second kappa shape index (κ2) is 7.40. The molecule has 3 aromatic carbocycles. The van der Waals surface area contributed by atoms with Crippen molar-refractivity contribution in [2.24, 2.45) is 0 Å². The van der Waals surface area contributed by atoms with Crippen LogP contribution in [0.5, 0.6) is 11.5 Å². The van der Waals surface area contributed by atoms with Crippen molar-refractivity contribution < 1.29 is 13.9 Å². The summed E-state index contributed by atoms with van der Waals surface area (Å²) in [5.74, 6) is 2.12. The first-order chi connectivity index (χ1) is 14.3. The van der Waals surface area contributed by atoms with Crippen LogP contribution in [0.1, 0.15) is 42.4 Å². The van der Waals surface area contributed by atoms with Crippen LogP contribution in [0.15, 0.2) is 84.6 Å². The van der Waals surface area contributed by atoms with Gasteiger partial charge >= 0.3 is 0 Å². The number of ether oxygens (including phenoxy) is 2. The van der Waals surface area contributed by atoms with Crippen molar-refractivity contribution in [2.45, 2.75) is 37.7 Å². The molecule has 3 heteroatoms. The van der Waals surface area contributed by atoms with E-state index in [0.29, 0.717) is 17.9 Å². The molecular formula is C26H23FO2. The zero-order valence-corrected chi connectivity index (χ0v) is 16.2. The Morgan fingerprint density at radius 2 is 1.72 bits per heavy atom. The molecule has 0 N–H and O–H groups in total. The average Bonchev–Trinajstić information content (AvgIpc) is 2.94. The third-order valence-electron chi connectivity index (χ3n) is 5.97. The first-order valence-electron chi connectivity index (χ1n) is 10.2. The van der Waals surface area contributed by atoms with Gasteiger partial charge in [-0.2, -0.15) is 0 Å². The van der Waals surface area contributed by atoms with Crippen LogP contribution in [0.25, 0.3) is 0 Å². The van der Waals surface area contributed by atoms with E-state index in [1.165, 1.54) is 6.07 Å². The smallest absolute Gasteiger partial charge is 0.134 e. The molecule has 1 aliphatic heterocycles. The standard InChI is InChI=1S/C26H23FO2/c27-22-10-7-11-23-25(22)26(17-6-2-5-12-24(26)29-23)20-13-15-21(16-14-20)28-18-19-8-3-1-4-9-19/h1,3-4,7-16H,2,5-6,17-18H2. The molecule has 3 aromatic rings. The molecule has 1 unspecified atom stereocenters. The highest BCUT2D eigenvalue weighted by atomic mass is 19.1. The van der Waals surface area contributed by atoms with E-state index in [0.717, 1.165) is 48.3 Å². The minimum atomic E-state index is -0.546. The van der Waals surface area contributed by atoms with Gasteiger partial charge in [-0.15, -0.1) is 0 Å².